The summed E-state index contributed by atoms with van der Waals surface area (Å²) in [4.78, 5) is 7.04. The summed E-state index contributed by atoms with van der Waals surface area (Å²) in [7, 11) is 0. The molecule has 1 aliphatic carbocycles. The fourth-order valence-electron chi connectivity index (χ4n) is 2.68. The van der Waals surface area contributed by atoms with Crippen LogP contribution in [0.25, 0.3) is 0 Å². The molecule has 0 aromatic carbocycles. The first-order valence-electron chi connectivity index (χ1n) is 6.70. The zero-order chi connectivity index (χ0) is 11.7. The van der Waals surface area contributed by atoms with Crippen molar-refractivity contribution in [2.45, 2.75) is 38.3 Å². The first-order valence-corrected chi connectivity index (χ1v) is 7.57. The summed E-state index contributed by atoms with van der Waals surface area (Å²) >= 11 is 1.74. The lowest BCUT2D eigenvalue weighted by atomic mass is 10.1. The Morgan fingerprint density at radius 1 is 1.53 bits per heavy atom. The van der Waals surface area contributed by atoms with Gasteiger partial charge in [-0.3, -0.25) is 0 Å². The van der Waals surface area contributed by atoms with Crippen molar-refractivity contribution in [3.63, 3.8) is 0 Å². The van der Waals surface area contributed by atoms with Crippen molar-refractivity contribution < 1.29 is 0 Å². The van der Waals surface area contributed by atoms with Gasteiger partial charge in [-0.05, 0) is 45.2 Å². The van der Waals surface area contributed by atoms with Gasteiger partial charge in [0.05, 0.1) is 6.04 Å². The van der Waals surface area contributed by atoms with Gasteiger partial charge in [0.1, 0.15) is 5.01 Å². The molecule has 2 heterocycles. The van der Waals surface area contributed by atoms with Gasteiger partial charge in [0.2, 0.25) is 0 Å². The molecular weight excluding hydrogens is 230 g/mol. The van der Waals surface area contributed by atoms with Crippen molar-refractivity contribution in [3.05, 3.63) is 16.6 Å². The highest BCUT2D eigenvalue weighted by Crippen LogP contribution is 2.31. The molecule has 1 saturated carbocycles. The molecule has 2 fully saturated rings. The number of nitrogens with one attached hydrogen (secondary N) is 1. The second-order valence-corrected chi connectivity index (χ2v) is 6.31. The van der Waals surface area contributed by atoms with E-state index in [0.717, 1.165) is 18.5 Å². The molecule has 1 aromatic rings. The molecule has 2 unspecified atom stereocenters. The third-order valence-electron chi connectivity index (χ3n) is 3.92. The van der Waals surface area contributed by atoms with E-state index in [1.165, 1.54) is 37.4 Å². The zero-order valence-electron chi connectivity index (χ0n) is 10.4. The summed E-state index contributed by atoms with van der Waals surface area (Å²) in [6.45, 7) is 5.99. The summed E-state index contributed by atoms with van der Waals surface area (Å²) in [5.41, 5.74) is 0. The van der Waals surface area contributed by atoms with Gasteiger partial charge in [-0.15, -0.1) is 11.3 Å². The molecule has 2 aliphatic rings. The molecule has 2 atom stereocenters. The van der Waals surface area contributed by atoms with E-state index >= 15 is 0 Å². The summed E-state index contributed by atoms with van der Waals surface area (Å²) < 4.78 is 0. The molecule has 1 saturated heterocycles. The Labute approximate surface area is 107 Å². The highest BCUT2D eigenvalue weighted by molar-refractivity contribution is 7.09. The van der Waals surface area contributed by atoms with E-state index in [1.807, 2.05) is 6.20 Å². The van der Waals surface area contributed by atoms with Gasteiger partial charge >= 0.3 is 0 Å². The number of rotatable bonds is 5. The molecule has 94 valence electrons. The van der Waals surface area contributed by atoms with Crippen molar-refractivity contribution in [2.24, 2.45) is 5.92 Å². The van der Waals surface area contributed by atoms with E-state index in [-0.39, 0.29) is 0 Å². The van der Waals surface area contributed by atoms with Crippen LogP contribution in [0.3, 0.4) is 0 Å². The molecule has 0 spiro atoms. The van der Waals surface area contributed by atoms with Gasteiger partial charge in [-0.25, -0.2) is 4.98 Å². The van der Waals surface area contributed by atoms with Crippen molar-refractivity contribution in [3.8, 4) is 0 Å². The second kappa shape index (κ2) is 5.04. The van der Waals surface area contributed by atoms with Crippen LogP contribution in [-0.2, 0) is 0 Å². The van der Waals surface area contributed by atoms with Crippen molar-refractivity contribution in [1.29, 1.82) is 0 Å². The molecular formula is C13H21N3S. The summed E-state index contributed by atoms with van der Waals surface area (Å²) in [6.07, 6.45) is 6.14. The summed E-state index contributed by atoms with van der Waals surface area (Å²) in [6, 6.07) is 1.35. The van der Waals surface area contributed by atoms with E-state index in [0.29, 0.717) is 6.04 Å². The first kappa shape index (κ1) is 11.6. The van der Waals surface area contributed by atoms with E-state index < -0.39 is 0 Å². The van der Waals surface area contributed by atoms with Crippen molar-refractivity contribution in [1.82, 2.24) is 15.2 Å². The maximum absolute atomic E-state index is 4.36. The molecule has 1 N–H and O–H groups in total. The number of hydrogen-bond acceptors (Lipinski definition) is 4. The number of nitrogens with zero attached hydrogens (tertiary/aromatic N) is 2. The Hall–Kier alpha value is -0.450. The van der Waals surface area contributed by atoms with E-state index in [9.17, 15) is 0 Å². The van der Waals surface area contributed by atoms with Gasteiger partial charge in [0.15, 0.2) is 0 Å². The van der Waals surface area contributed by atoms with Crippen LogP contribution in [0.5, 0.6) is 0 Å². The standard InChI is InChI=1S/C13H21N3S/c1-10(13-14-5-7-17-13)15-8-11-4-6-16(9-11)12-2-3-12/h5,7,10-12,15H,2-4,6,8-9H2,1H3. The third kappa shape index (κ3) is 2.87. The first-order chi connectivity index (χ1) is 8.33. The topological polar surface area (TPSA) is 28.2 Å². The number of hydrogen-bond donors (Lipinski definition) is 1. The number of thiazole rings is 1. The third-order valence-corrected chi connectivity index (χ3v) is 4.87. The van der Waals surface area contributed by atoms with Gasteiger partial charge in [-0.2, -0.15) is 0 Å². The molecule has 1 aromatic heterocycles. The maximum Gasteiger partial charge on any atom is 0.109 e. The lowest BCUT2D eigenvalue weighted by Gasteiger charge is -2.17. The predicted octanol–water partition coefficient (Wildman–Crippen LogP) is 2.28. The van der Waals surface area contributed by atoms with Crippen molar-refractivity contribution in [2.75, 3.05) is 19.6 Å². The maximum atomic E-state index is 4.36. The van der Waals surface area contributed by atoms with Gasteiger partial charge in [-0.1, -0.05) is 0 Å². The van der Waals surface area contributed by atoms with Crippen LogP contribution in [-0.4, -0.2) is 35.6 Å². The quantitative estimate of drug-likeness (QED) is 0.870. The van der Waals surface area contributed by atoms with Crippen LogP contribution < -0.4 is 5.32 Å². The Kier molecular flexibility index (Phi) is 3.45. The average molecular weight is 251 g/mol. The number of likely N-dealkylation sites (tertiary alicyclic amines) is 1. The SMILES string of the molecule is CC(NCC1CCN(C2CC2)C1)c1nccs1. The Bertz CT molecular complexity index is 348. The van der Waals surface area contributed by atoms with Crippen LogP contribution >= 0.6 is 11.3 Å². The van der Waals surface area contributed by atoms with E-state index in [1.54, 1.807) is 11.3 Å². The molecule has 3 nitrogen and oxygen atoms in total. The predicted molar refractivity (Wildman–Crippen MR) is 71.2 cm³/mol. The largest absolute Gasteiger partial charge is 0.308 e. The normalized spacial score (nSPS) is 27.5. The lowest BCUT2D eigenvalue weighted by Crippen LogP contribution is -2.29. The minimum Gasteiger partial charge on any atom is -0.308 e. The Balaban J connectivity index is 1.42. The summed E-state index contributed by atoms with van der Waals surface area (Å²) in [5, 5.41) is 6.89. The van der Waals surface area contributed by atoms with Crippen LogP contribution in [0, 0.1) is 5.92 Å². The van der Waals surface area contributed by atoms with Gasteiger partial charge < -0.3 is 10.2 Å². The zero-order valence-corrected chi connectivity index (χ0v) is 11.2. The lowest BCUT2D eigenvalue weighted by molar-refractivity contribution is 0.310. The van der Waals surface area contributed by atoms with Crippen LogP contribution in [0.4, 0.5) is 0 Å². The molecule has 4 heteroatoms. The van der Waals surface area contributed by atoms with E-state index in [2.05, 4.69) is 27.5 Å². The molecule has 0 radical (unpaired) electrons. The number of aromatic nitrogens is 1. The molecule has 0 amide bonds. The van der Waals surface area contributed by atoms with Gasteiger partial charge in [0.25, 0.3) is 0 Å². The van der Waals surface area contributed by atoms with Crippen molar-refractivity contribution >= 4 is 11.3 Å². The molecule has 3 rings (SSSR count). The monoisotopic (exact) mass is 251 g/mol. The smallest absolute Gasteiger partial charge is 0.109 e. The highest BCUT2D eigenvalue weighted by atomic mass is 32.1. The molecule has 17 heavy (non-hydrogen) atoms. The Morgan fingerprint density at radius 2 is 2.41 bits per heavy atom. The molecule has 0 bridgehead atoms. The average Bonchev–Trinajstić information content (AvgIpc) is 2.88. The molecule has 1 aliphatic heterocycles. The van der Waals surface area contributed by atoms with Gasteiger partial charge in [0, 0.05) is 24.2 Å². The Morgan fingerprint density at radius 3 is 3.12 bits per heavy atom. The fourth-order valence-corrected chi connectivity index (χ4v) is 3.35. The van der Waals surface area contributed by atoms with Crippen LogP contribution in [0.2, 0.25) is 0 Å². The van der Waals surface area contributed by atoms with Crippen LogP contribution in [0.1, 0.15) is 37.2 Å². The highest BCUT2D eigenvalue weighted by Gasteiger charge is 2.34. The minimum atomic E-state index is 0.407. The van der Waals surface area contributed by atoms with E-state index in [4.69, 9.17) is 0 Å². The van der Waals surface area contributed by atoms with Crippen LogP contribution in [0.15, 0.2) is 11.6 Å². The summed E-state index contributed by atoms with van der Waals surface area (Å²) in [5.74, 6) is 0.845. The fraction of sp³-hybridized carbons (Fsp3) is 0.769. The minimum absolute atomic E-state index is 0.407. The second-order valence-electron chi connectivity index (χ2n) is 5.38.